The maximum absolute atomic E-state index is 5.19. The molecule has 13 heavy (non-hydrogen) atoms. The molecule has 5 radical (unpaired) electrons. The molecule has 2 fully saturated rings. The van der Waals surface area contributed by atoms with Crippen LogP contribution in [0.3, 0.4) is 0 Å². The molecular weight excluding hydrogens is 239 g/mol. The summed E-state index contributed by atoms with van der Waals surface area (Å²) in [7, 11) is 10.4. The van der Waals surface area contributed by atoms with Crippen LogP contribution in [0.1, 0.15) is 12.8 Å². The predicted molar refractivity (Wildman–Crippen MR) is 49.8 cm³/mol. The zero-order valence-corrected chi connectivity index (χ0v) is 10.8. The predicted octanol–water partition coefficient (Wildman–Crippen LogP) is 0.722. The van der Waals surface area contributed by atoms with Crippen molar-refractivity contribution in [1.82, 2.24) is 0 Å². The third-order valence-corrected chi connectivity index (χ3v) is 1.78. The van der Waals surface area contributed by atoms with Crippen LogP contribution in [0.4, 0.5) is 0 Å². The fourth-order valence-electron chi connectivity index (χ4n) is 0.841. The second-order valence-corrected chi connectivity index (χ2v) is 3.07. The van der Waals surface area contributed by atoms with Gasteiger partial charge in [0.15, 0.2) is 0 Å². The number of hydrogen-bond donors (Lipinski definition) is 0. The van der Waals surface area contributed by atoms with Crippen molar-refractivity contribution in [2.45, 2.75) is 37.7 Å². The van der Waals surface area contributed by atoms with Gasteiger partial charge in [-0.05, 0) is 12.8 Å². The average Bonchev–Trinajstić information content (AvgIpc) is 2.81. The van der Waals surface area contributed by atoms with Crippen LogP contribution in [0.2, 0.25) is 12.6 Å². The van der Waals surface area contributed by atoms with Gasteiger partial charge >= 0.3 is 0 Å². The first-order valence-electron chi connectivity index (χ1n) is 4.50. The summed E-state index contributed by atoms with van der Waals surface area (Å²) in [6, 6.07) is 0. The minimum absolute atomic E-state index is 0. The van der Waals surface area contributed by atoms with E-state index in [0.717, 1.165) is 38.7 Å². The van der Waals surface area contributed by atoms with Crippen molar-refractivity contribution >= 4 is 15.7 Å². The van der Waals surface area contributed by atoms with Crippen molar-refractivity contribution < 1.29 is 42.2 Å². The van der Waals surface area contributed by atoms with E-state index in [0.29, 0.717) is 12.2 Å². The van der Waals surface area contributed by atoms with Crippen LogP contribution in [0.5, 0.6) is 0 Å². The summed E-state index contributed by atoms with van der Waals surface area (Å²) in [4.78, 5) is 0. The summed E-state index contributed by atoms with van der Waals surface area (Å²) in [5, 5.41) is 0. The molecule has 2 aliphatic rings. The minimum Gasteiger partial charge on any atom is -0.373 e. The molecule has 0 aromatic carbocycles. The molecule has 2 rings (SSSR count). The molecule has 0 bridgehead atoms. The van der Waals surface area contributed by atoms with Crippen LogP contribution in [0, 0.1) is 0 Å². The Balaban J connectivity index is 0.000000206. The Morgan fingerprint density at radius 1 is 0.923 bits per heavy atom. The van der Waals surface area contributed by atoms with Gasteiger partial charge in [-0.15, -0.1) is 0 Å². The molecule has 2 aliphatic heterocycles. The Morgan fingerprint density at radius 2 is 1.23 bits per heavy atom. The Bertz CT molecular complexity index is 105. The molecule has 5 heteroatoms. The van der Waals surface area contributed by atoms with E-state index in [4.69, 9.17) is 25.2 Å². The number of ether oxygens (including phenoxy) is 2. The molecule has 2 heterocycles. The van der Waals surface area contributed by atoms with Gasteiger partial charge < -0.3 is 9.47 Å². The molecular formula is C8H14B2O2Y. The zero-order valence-electron chi connectivity index (χ0n) is 7.95. The van der Waals surface area contributed by atoms with E-state index < -0.39 is 0 Å². The van der Waals surface area contributed by atoms with E-state index in [-0.39, 0.29) is 32.7 Å². The Labute approximate surface area is 108 Å². The van der Waals surface area contributed by atoms with Crippen molar-refractivity contribution in [3.05, 3.63) is 0 Å². The van der Waals surface area contributed by atoms with Gasteiger partial charge in [-0.3, -0.25) is 0 Å². The van der Waals surface area contributed by atoms with Crippen LogP contribution < -0.4 is 0 Å². The first-order chi connectivity index (χ1) is 5.86. The first-order valence-corrected chi connectivity index (χ1v) is 4.50. The molecule has 2 unspecified atom stereocenters. The van der Waals surface area contributed by atoms with Crippen molar-refractivity contribution in [3.63, 3.8) is 0 Å². The minimum atomic E-state index is 0. The van der Waals surface area contributed by atoms with Gasteiger partial charge in [-0.2, -0.15) is 0 Å². The molecule has 0 spiro atoms. The molecule has 0 aromatic rings. The van der Waals surface area contributed by atoms with E-state index in [1.165, 1.54) is 0 Å². The third-order valence-electron chi connectivity index (χ3n) is 1.78. The molecule has 2 atom stereocenters. The fourth-order valence-corrected chi connectivity index (χ4v) is 0.841. The number of rotatable bonds is 4. The van der Waals surface area contributed by atoms with Crippen molar-refractivity contribution in [1.29, 1.82) is 0 Å². The van der Waals surface area contributed by atoms with Gasteiger partial charge in [0.05, 0.1) is 41.1 Å². The Kier molecular flexibility index (Phi) is 9.21. The van der Waals surface area contributed by atoms with Gasteiger partial charge in [0.2, 0.25) is 0 Å². The van der Waals surface area contributed by atoms with Gasteiger partial charge in [-0.25, -0.2) is 0 Å². The van der Waals surface area contributed by atoms with E-state index >= 15 is 0 Å². The zero-order chi connectivity index (χ0) is 8.81. The topological polar surface area (TPSA) is 25.1 Å². The third kappa shape index (κ3) is 9.46. The molecule has 0 N–H and O–H groups in total. The molecule has 67 valence electrons. The SMILES string of the molecule is [B]CCC1CO1.[B]CCC1CO1.[Y]. The summed E-state index contributed by atoms with van der Waals surface area (Å²) in [6.45, 7) is 1.88. The molecule has 0 aliphatic carbocycles. The summed E-state index contributed by atoms with van der Waals surface area (Å²) >= 11 is 0. The Hall–Kier alpha value is 1.15. The van der Waals surface area contributed by atoms with Gasteiger partial charge in [0.25, 0.3) is 0 Å². The Morgan fingerprint density at radius 3 is 1.31 bits per heavy atom. The van der Waals surface area contributed by atoms with Crippen molar-refractivity contribution in [2.24, 2.45) is 0 Å². The van der Waals surface area contributed by atoms with Gasteiger partial charge in [-0.1, -0.05) is 12.6 Å². The van der Waals surface area contributed by atoms with Crippen LogP contribution in [-0.2, 0) is 42.2 Å². The molecule has 0 saturated carbocycles. The van der Waals surface area contributed by atoms with Crippen LogP contribution >= 0.6 is 0 Å². The molecule has 0 amide bonds. The molecule has 2 nitrogen and oxygen atoms in total. The van der Waals surface area contributed by atoms with E-state index in [2.05, 4.69) is 0 Å². The second-order valence-electron chi connectivity index (χ2n) is 3.07. The van der Waals surface area contributed by atoms with E-state index in [1.54, 1.807) is 0 Å². The quantitative estimate of drug-likeness (QED) is 0.544. The first kappa shape index (κ1) is 14.2. The smallest absolute Gasteiger partial charge is 0.0803 e. The van der Waals surface area contributed by atoms with Gasteiger partial charge in [0, 0.05) is 32.7 Å². The van der Waals surface area contributed by atoms with Crippen LogP contribution in [0.15, 0.2) is 0 Å². The van der Waals surface area contributed by atoms with Crippen LogP contribution in [0.25, 0.3) is 0 Å². The summed E-state index contributed by atoms with van der Waals surface area (Å²) < 4.78 is 9.74. The van der Waals surface area contributed by atoms with Crippen molar-refractivity contribution in [3.8, 4) is 0 Å². The number of epoxide rings is 2. The number of hydrogen-bond acceptors (Lipinski definition) is 2. The standard InChI is InChI=1S/2C4H7BO.Y/c2*5-2-1-4-3-6-4;/h2*4H,1-3H2;. The van der Waals surface area contributed by atoms with Crippen LogP contribution in [-0.4, -0.2) is 41.1 Å². The van der Waals surface area contributed by atoms with E-state index in [1.807, 2.05) is 0 Å². The maximum Gasteiger partial charge on any atom is 0.0803 e. The molecule has 0 aromatic heterocycles. The second kappa shape index (κ2) is 8.46. The normalized spacial score (nSPS) is 28.0. The van der Waals surface area contributed by atoms with Crippen molar-refractivity contribution in [2.75, 3.05) is 13.2 Å². The van der Waals surface area contributed by atoms with Gasteiger partial charge in [0.1, 0.15) is 0 Å². The summed E-state index contributed by atoms with van der Waals surface area (Å²) in [5.41, 5.74) is 0. The van der Waals surface area contributed by atoms with E-state index in [9.17, 15) is 0 Å². The largest absolute Gasteiger partial charge is 0.373 e. The summed E-state index contributed by atoms with van der Waals surface area (Å²) in [6.07, 6.45) is 4.67. The average molecular weight is 253 g/mol. The monoisotopic (exact) mass is 253 g/mol. The maximum atomic E-state index is 5.19. The molecule has 2 saturated heterocycles. The fraction of sp³-hybridized carbons (Fsp3) is 1.00. The summed E-state index contributed by atoms with van der Waals surface area (Å²) in [5.74, 6) is 0.